The molecule has 1 saturated carbocycles. The van der Waals surface area contributed by atoms with Crippen molar-refractivity contribution in [2.45, 2.75) is 78.7 Å². The van der Waals surface area contributed by atoms with E-state index in [1.807, 2.05) is 20.8 Å². The fourth-order valence-corrected chi connectivity index (χ4v) is 6.47. The van der Waals surface area contributed by atoms with E-state index in [9.17, 15) is 9.00 Å². The molecular weight excluding hydrogens is 514 g/mol. The molecule has 2 atom stereocenters. The van der Waals surface area contributed by atoms with Crippen molar-refractivity contribution < 1.29 is 4.21 Å². The van der Waals surface area contributed by atoms with E-state index in [2.05, 4.69) is 22.2 Å². The van der Waals surface area contributed by atoms with Gasteiger partial charge in [-0.25, -0.2) is 38.2 Å². The van der Waals surface area contributed by atoms with Crippen molar-refractivity contribution in [2.24, 2.45) is 5.92 Å². The standard InChI is InChI=1S/C27H39N9O2S/c1-6-16(3)36-26-22(18(5)32-24(34-26)21-17(4)30-15-31-23(21)20-8-9-20)33-25(27(36)37)29-14-19-10-12-35(13-11-19)39(28,38)7-2/h15-16,19-20,28H,6-14H2,1-5H3,(H,29,33)/t16-,39?/m0/s1. The van der Waals surface area contributed by atoms with Gasteiger partial charge in [-0.3, -0.25) is 9.36 Å². The fraction of sp³-hybridized carbons (Fsp3) is 0.630. The second kappa shape index (κ2) is 10.9. The highest BCUT2D eigenvalue weighted by Crippen LogP contribution is 2.43. The summed E-state index contributed by atoms with van der Waals surface area (Å²) in [5, 5.41) is 3.32. The van der Waals surface area contributed by atoms with E-state index in [1.54, 1.807) is 22.1 Å². The number of nitrogens with one attached hydrogen (secondary N) is 2. The number of piperidine rings is 1. The highest BCUT2D eigenvalue weighted by molar-refractivity contribution is 7.90. The lowest BCUT2D eigenvalue weighted by molar-refractivity contribution is 0.289. The molecule has 0 radical (unpaired) electrons. The summed E-state index contributed by atoms with van der Waals surface area (Å²) in [7, 11) is -2.67. The molecule has 2 aliphatic rings. The molecule has 0 bridgehead atoms. The molecule has 1 aliphatic heterocycles. The van der Waals surface area contributed by atoms with E-state index in [0.717, 1.165) is 49.1 Å². The zero-order valence-electron chi connectivity index (χ0n) is 23.5. The quantitative estimate of drug-likeness (QED) is 0.401. The fourth-order valence-electron chi connectivity index (χ4n) is 5.31. The number of hydrogen-bond donors (Lipinski definition) is 2. The molecule has 1 saturated heterocycles. The van der Waals surface area contributed by atoms with Gasteiger partial charge in [0.05, 0.1) is 22.6 Å². The molecule has 3 aromatic heterocycles. The molecule has 2 N–H and O–H groups in total. The monoisotopic (exact) mass is 553 g/mol. The van der Waals surface area contributed by atoms with Crippen LogP contribution in [0.3, 0.4) is 0 Å². The van der Waals surface area contributed by atoms with Crippen molar-refractivity contribution in [3.8, 4) is 11.4 Å². The Morgan fingerprint density at radius 2 is 1.79 bits per heavy atom. The average molecular weight is 554 g/mol. The van der Waals surface area contributed by atoms with Crippen LogP contribution in [0, 0.1) is 24.5 Å². The molecule has 12 heteroatoms. The highest BCUT2D eigenvalue weighted by atomic mass is 32.2. The molecule has 5 rings (SSSR count). The van der Waals surface area contributed by atoms with Gasteiger partial charge < -0.3 is 5.32 Å². The van der Waals surface area contributed by atoms with Gasteiger partial charge in [-0.2, -0.15) is 0 Å². The number of fused-ring (bicyclic) bond motifs is 1. The van der Waals surface area contributed by atoms with Crippen LogP contribution in [0.2, 0.25) is 0 Å². The summed E-state index contributed by atoms with van der Waals surface area (Å²) in [6, 6.07) is -0.0794. The van der Waals surface area contributed by atoms with Crippen molar-refractivity contribution >= 4 is 26.9 Å². The first-order chi connectivity index (χ1) is 18.6. The summed E-state index contributed by atoms with van der Waals surface area (Å²) < 4.78 is 24.0. The summed E-state index contributed by atoms with van der Waals surface area (Å²) in [6.07, 6.45) is 6.22. The van der Waals surface area contributed by atoms with Crippen LogP contribution in [0.15, 0.2) is 11.1 Å². The van der Waals surface area contributed by atoms with Crippen molar-refractivity contribution in [3.05, 3.63) is 33.8 Å². The topological polar surface area (TPSA) is 143 Å². The number of hydrogen-bond acceptors (Lipinski definition) is 9. The zero-order valence-corrected chi connectivity index (χ0v) is 24.3. The molecule has 39 heavy (non-hydrogen) atoms. The molecule has 0 spiro atoms. The van der Waals surface area contributed by atoms with E-state index >= 15 is 0 Å². The summed E-state index contributed by atoms with van der Waals surface area (Å²) >= 11 is 0. The second-order valence-corrected chi connectivity index (χ2v) is 13.2. The number of nitrogens with zero attached hydrogens (tertiary/aromatic N) is 7. The Morgan fingerprint density at radius 1 is 1.08 bits per heavy atom. The average Bonchev–Trinajstić information content (AvgIpc) is 3.77. The van der Waals surface area contributed by atoms with Gasteiger partial charge in [0.25, 0.3) is 5.56 Å². The van der Waals surface area contributed by atoms with E-state index in [-0.39, 0.29) is 11.6 Å². The van der Waals surface area contributed by atoms with Crippen LogP contribution in [0.5, 0.6) is 0 Å². The summed E-state index contributed by atoms with van der Waals surface area (Å²) in [6.45, 7) is 11.6. The van der Waals surface area contributed by atoms with E-state index < -0.39 is 9.92 Å². The largest absolute Gasteiger partial charge is 0.365 e. The first-order valence-electron chi connectivity index (χ1n) is 14.0. The molecule has 3 aromatic rings. The smallest absolute Gasteiger partial charge is 0.295 e. The van der Waals surface area contributed by atoms with Crippen molar-refractivity contribution in [2.75, 3.05) is 30.7 Å². The number of aromatic nitrogens is 6. The van der Waals surface area contributed by atoms with Gasteiger partial charge in [0, 0.05) is 37.3 Å². The minimum atomic E-state index is -2.67. The van der Waals surface area contributed by atoms with Crippen LogP contribution in [0.25, 0.3) is 22.6 Å². The van der Waals surface area contributed by atoms with Crippen LogP contribution in [0.1, 0.15) is 81.9 Å². The normalized spacial score (nSPS) is 19.2. The van der Waals surface area contributed by atoms with Crippen molar-refractivity contribution in [3.63, 3.8) is 0 Å². The third-order valence-corrected chi connectivity index (χ3v) is 10.1. The van der Waals surface area contributed by atoms with Gasteiger partial charge >= 0.3 is 0 Å². The van der Waals surface area contributed by atoms with Crippen molar-refractivity contribution in [1.82, 2.24) is 33.8 Å². The molecule has 0 aromatic carbocycles. The SMILES string of the molecule is CC[C@H](C)n1c(=O)c(NCC2CCN(S(=N)(=O)CC)CC2)nc2c(C)nc(-c3c(C)ncnc3C3CC3)nc21. The number of rotatable bonds is 9. The van der Waals surface area contributed by atoms with Gasteiger partial charge in [-0.05, 0) is 58.8 Å². The first-order valence-corrected chi connectivity index (χ1v) is 15.7. The highest BCUT2D eigenvalue weighted by Gasteiger charge is 2.31. The Morgan fingerprint density at radius 3 is 2.44 bits per heavy atom. The molecule has 210 valence electrons. The number of anilines is 1. The lowest BCUT2D eigenvalue weighted by atomic mass is 9.98. The maximum Gasteiger partial charge on any atom is 0.295 e. The van der Waals surface area contributed by atoms with Gasteiger partial charge in [-0.15, -0.1) is 0 Å². The first kappa shape index (κ1) is 27.6. The molecular formula is C27H39N9O2S. The van der Waals surface area contributed by atoms with E-state index in [4.69, 9.17) is 19.7 Å². The van der Waals surface area contributed by atoms with Crippen LogP contribution < -0.4 is 10.9 Å². The van der Waals surface area contributed by atoms with Gasteiger partial charge in [-0.1, -0.05) is 13.8 Å². The molecule has 1 unspecified atom stereocenters. The Kier molecular flexibility index (Phi) is 7.69. The summed E-state index contributed by atoms with van der Waals surface area (Å²) in [4.78, 5) is 37.3. The Labute approximate surface area is 230 Å². The molecule has 2 fully saturated rings. The maximum atomic E-state index is 13.8. The van der Waals surface area contributed by atoms with Crippen LogP contribution in [0.4, 0.5) is 5.82 Å². The van der Waals surface area contributed by atoms with E-state index in [0.29, 0.717) is 65.7 Å². The summed E-state index contributed by atoms with van der Waals surface area (Å²) in [5.41, 5.74) is 4.33. The van der Waals surface area contributed by atoms with Gasteiger partial charge in [0.1, 0.15) is 21.8 Å². The Balaban J connectivity index is 1.49. The van der Waals surface area contributed by atoms with Gasteiger partial charge in [0.15, 0.2) is 17.3 Å². The van der Waals surface area contributed by atoms with Crippen molar-refractivity contribution in [1.29, 1.82) is 4.78 Å². The third kappa shape index (κ3) is 5.41. The molecule has 1 aliphatic carbocycles. The maximum absolute atomic E-state index is 13.8. The number of aryl methyl sites for hydroxylation is 2. The predicted molar refractivity (Wildman–Crippen MR) is 153 cm³/mol. The molecule has 11 nitrogen and oxygen atoms in total. The van der Waals surface area contributed by atoms with Crippen LogP contribution in [-0.4, -0.2) is 63.4 Å². The lowest BCUT2D eigenvalue weighted by Crippen LogP contribution is -2.40. The van der Waals surface area contributed by atoms with E-state index in [1.165, 1.54) is 0 Å². The Bertz CT molecular complexity index is 1540. The minimum Gasteiger partial charge on any atom is -0.365 e. The zero-order chi connectivity index (χ0) is 27.9. The predicted octanol–water partition coefficient (Wildman–Crippen LogP) is 4.21. The molecule has 0 amide bonds. The Hall–Kier alpha value is -2.99. The lowest BCUT2D eigenvalue weighted by Gasteiger charge is -2.32. The summed E-state index contributed by atoms with van der Waals surface area (Å²) in [5.74, 6) is 1.91. The van der Waals surface area contributed by atoms with Crippen LogP contribution >= 0.6 is 0 Å². The van der Waals surface area contributed by atoms with Crippen LogP contribution in [-0.2, 0) is 9.92 Å². The minimum absolute atomic E-state index is 0.0794. The van der Waals surface area contributed by atoms with Gasteiger partial charge in [0.2, 0.25) is 0 Å². The second-order valence-electron chi connectivity index (χ2n) is 10.9. The molecule has 4 heterocycles. The third-order valence-electron chi connectivity index (χ3n) is 8.14.